The van der Waals surface area contributed by atoms with Gasteiger partial charge in [-0.15, -0.1) is 0 Å². The van der Waals surface area contributed by atoms with Crippen LogP contribution in [0.15, 0.2) is 46.5 Å². The van der Waals surface area contributed by atoms with E-state index in [1.165, 1.54) is 18.0 Å². The summed E-state index contributed by atoms with van der Waals surface area (Å²) in [7, 11) is -3.53. The smallest absolute Gasteiger partial charge is 0.244 e. The van der Waals surface area contributed by atoms with E-state index in [0.717, 1.165) is 25.7 Å². The number of amides is 1. The highest BCUT2D eigenvalue weighted by atomic mass is 32.2. The minimum absolute atomic E-state index is 0.175. The van der Waals surface area contributed by atoms with Crippen LogP contribution in [0.5, 0.6) is 11.5 Å². The van der Waals surface area contributed by atoms with Crippen molar-refractivity contribution < 1.29 is 22.7 Å². The number of thioether (sulfide) groups is 1. The molecule has 1 fully saturated rings. The van der Waals surface area contributed by atoms with Gasteiger partial charge < -0.3 is 14.8 Å². The number of hydrogen-bond donors (Lipinski definition) is 1. The van der Waals surface area contributed by atoms with E-state index in [2.05, 4.69) is 10.3 Å². The number of ether oxygens (including phenoxy) is 2. The molecule has 1 saturated heterocycles. The lowest BCUT2D eigenvalue weighted by Crippen LogP contribution is -2.32. The van der Waals surface area contributed by atoms with Crippen molar-refractivity contribution >= 4 is 33.4 Å². The first kappa shape index (κ1) is 21.9. The van der Waals surface area contributed by atoms with Gasteiger partial charge in [0.2, 0.25) is 22.7 Å². The van der Waals surface area contributed by atoms with Crippen molar-refractivity contribution in [2.45, 2.75) is 47.8 Å². The zero-order valence-electron chi connectivity index (χ0n) is 17.2. The Morgan fingerprint density at radius 2 is 1.84 bits per heavy atom. The monoisotopic (exact) mass is 463 g/mol. The van der Waals surface area contributed by atoms with Gasteiger partial charge >= 0.3 is 0 Å². The molecule has 0 saturated carbocycles. The number of anilines is 1. The van der Waals surface area contributed by atoms with E-state index in [-0.39, 0.29) is 17.6 Å². The minimum Gasteiger partial charge on any atom is -0.454 e. The Kier molecular flexibility index (Phi) is 6.68. The minimum atomic E-state index is -3.53. The topological polar surface area (TPSA) is 97.8 Å². The van der Waals surface area contributed by atoms with E-state index < -0.39 is 15.3 Å². The number of hydrogen-bond acceptors (Lipinski definition) is 7. The van der Waals surface area contributed by atoms with Gasteiger partial charge in [0.15, 0.2) is 11.5 Å². The highest BCUT2D eigenvalue weighted by Gasteiger charge is 2.26. The van der Waals surface area contributed by atoms with Crippen LogP contribution in [-0.4, -0.2) is 48.7 Å². The van der Waals surface area contributed by atoms with Crippen molar-refractivity contribution in [3.05, 3.63) is 36.5 Å². The first-order chi connectivity index (χ1) is 14.9. The fraction of sp³-hybridized carbons (Fsp3) is 0.429. The van der Waals surface area contributed by atoms with Gasteiger partial charge in [-0.05, 0) is 44.0 Å². The number of sulfonamides is 1. The van der Waals surface area contributed by atoms with Gasteiger partial charge in [-0.1, -0.05) is 24.6 Å². The molecule has 0 radical (unpaired) electrons. The quantitative estimate of drug-likeness (QED) is 0.655. The second-order valence-electron chi connectivity index (χ2n) is 7.47. The Labute approximate surface area is 186 Å². The van der Waals surface area contributed by atoms with Crippen LogP contribution in [-0.2, 0) is 14.8 Å². The number of benzene rings is 1. The third kappa shape index (κ3) is 5.13. The molecule has 31 heavy (non-hydrogen) atoms. The molecular formula is C21H25N3O5S2. The maximum absolute atomic E-state index is 12.9. The first-order valence-electron chi connectivity index (χ1n) is 10.3. The highest BCUT2D eigenvalue weighted by molar-refractivity contribution is 8.00. The predicted octanol–water partition coefficient (Wildman–Crippen LogP) is 3.49. The van der Waals surface area contributed by atoms with Crippen LogP contribution in [0.3, 0.4) is 0 Å². The maximum atomic E-state index is 12.9. The fourth-order valence-corrected chi connectivity index (χ4v) is 5.72. The number of carbonyl (C=O) groups excluding carboxylic acids is 1. The van der Waals surface area contributed by atoms with E-state index in [1.807, 2.05) is 0 Å². The molecule has 2 aliphatic heterocycles. The predicted molar refractivity (Wildman–Crippen MR) is 118 cm³/mol. The van der Waals surface area contributed by atoms with Crippen LogP contribution in [0.2, 0.25) is 0 Å². The van der Waals surface area contributed by atoms with Crippen molar-refractivity contribution in [1.82, 2.24) is 9.29 Å². The SMILES string of the molecule is C[C@@H](Sc1ccc(S(=O)(=O)N2CCCCCC2)cn1)C(=O)Nc1ccc2c(c1)OCO2. The number of fused-ring (bicyclic) bond motifs is 1. The lowest BCUT2D eigenvalue weighted by Gasteiger charge is -2.19. The number of pyridine rings is 1. The molecule has 1 amide bonds. The second kappa shape index (κ2) is 9.46. The number of rotatable bonds is 6. The Bertz CT molecular complexity index is 1040. The molecular weight excluding hydrogens is 438 g/mol. The molecule has 3 heterocycles. The Hall–Kier alpha value is -2.30. The molecule has 0 unspecified atom stereocenters. The molecule has 2 aromatic rings. The molecule has 1 aromatic heterocycles. The second-order valence-corrected chi connectivity index (χ2v) is 10.8. The molecule has 2 aliphatic rings. The first-order valence-corrected chi connectivity index (χ1v) is 12.6. The standard InChI is InChI=1S/C21H25N3O5S2/c1-15(21(25)23-16-6-8-18-19(12-16)29-14-28-18)30-20-9-7-17(13-22-20)31(26,27)24-10-4-2-3-5-11-24/h6-9,12-13,15H,2-5,10-11,14H2,1H3,(H,23,25)/t15-/m1/s1. The lowest BCUT2D eigenvalue weighted by atomic mass is 10.2. The number of nitrogens with zero attached hydrogens (tertiary/aromatic N) is 2. The highest BCUT2D eigenvalue weighted by Crippen LogP contribution is 2.34. The zero-order chi connectivity index (χ0) is 21.8. The van der Waals surface area contributed by atoms with Crippen molar-refractivity contribution in [2.24, 2.45) is 0 Å². The van der Waals surface area contributed by atoms with Crippen molar-refractivity contribution in [3.63, 3.8) is 0 Å². The number of carbonyl (C=O) groups is 1. The molecule has 0 spiro atoms. The van der Waals surface area contributed by atoms with Gasteiger partial charge in [-0.2, -0.15) is 4.31 Å². The van der Waals surface area contributed by atoms with Crippen molar-refractivity contribution in [1.29, 1.82) is 0 Å². The third-order valence-corrected chi connectivity index (χ3v) is 8.15. The summed E-state index contributed by atoms with van der Waals surface area (Å²) in [5.41, 5.74) is 0.619. The molecule has 8 nitrogen and oxygen atoms in total. The molecule has 4 rings (SSSR count). The normalized spacial score (nSPS) is 17.7. The molecule has 0 aliphatic carbocycles. The summed E-state index contributed by atoms with van der Waals surface area (Å²) in [6.07, 6.45) is 5.27. The van der Waals surface area contributed by atoms with E-state index >= 15 is 0 Å². The van der Waals surface area contributed by atoms with Crippen LogP contribution in [0.25, 0.3) is 0 Å². The van der Waals surface area contributed by atoms with E-state index in [0.29, 0.717) is 35.3 Å². The maximum Gasteiger partial charge on any atom is 0.244 e. The van der Waals surface area contributed by atoms with Crippen molar-refractivity contribution in [2.75, 3.05) is 25.2 Å². The van der Waals surface area contributed by atoms with Gasteiger partial charge in [0, 0.05) is 31.0 Å². The molecule has 1 N–H and O–H groups in total. The average molecular weight is 464 g/mol. The third-order valence-electron chi connectivity index (χ3n) is 5.22. The molecule has 10 heteroatoms. The Morgan fingerprint density at radius 1 is 1.10 bits per heavy atom. The Balaban J connectivity index is 1.37. The van der Waals surface area contributed by atoms with Gasteiger partial charge in [-0.3, -0.25) is 4.79 Å². The summed E-state index contributed by atoms with van der Waals surface area (Å²) in [6, 6.07) is 8.44. The van der Waals surface area contributed by atoms with Gasteiger partial charge in [0.05, 0.1) is 10.3 Å². The van der Waals surface area contributed by atoms with Crippen LogP contribution < -0.4 is 14.8 Å². The fourth-order valence-electron chi connectivity index (χ4n) is 3.47. The largest absolute Gasteiger partial charge is 0.454 e. The summed E-state index contributed by atoms with van der Waals surface area (Å²) < 4.78 is 37.9. The summed E-state index contributed by atoms with van der Waals surface area (Å²) in [5, 5.41) is 3.01. The summed E-state index contributed by atoms with van der Waals surface area (Å²) in [5.74, 6) is 1.06. The van der Waals surface area contributed by atoms with Crippen LogP contribution in [0.4, 0.5) is 5.69 Å². The van der Waals surface area contributed by atoms with E-state index in [1.54, 1.807) is 41.6 Å². The average Bonchev–Trinajstić information content (AvgIpc) is 3.04. The van der Waals surface area contributed by atoms with Crippen LogP contribution in [0.1, 0.15) is 32.6 Å². The summed E-state index contributed by atoms with van der Waals surface area (Å²) in [4.78, 5) is 17.0. The van der Waals surface area contributed by atoms with Crippen LogP contribution in [0, 0.1) is 0 Å². The molecule has 166 valence electrons. The molecule has 1 aromatic carbocycles. The lowest BCUT2D eigenvalue weighted by molar-refractivity contribution is -0.115. The van der Waals surface area contributed by atoms with Gasteiger partial charge in [0.25, 0.3) is 0 Å². The van der Waals surface area contributed by atoms with Crippen molar-refractivity contribution in [3.8, 4) is 11.5 Å². The van der Waals surface area contributed by atoms with Crippen LogP contribution >= 0.6 is 11.8 Å². The summed E-state index contributed by atoms with van der Waals surface area (Å²) >= 11 is 1.27. The van der Waals surface area contributed by atoms with Gasteiger partial charge in [0.1, 0.15) is 4.90 Å². The van der Waals surface area contributed by atoms with E-state index in [4.69, 9.17) is 9.47 Å². The number of nitrogens with one attached hydrogen (secondary N) is 1. The zero-order valence-corrected chi connectivity index (χ0v) is 18.9. The number of aromatic nitrogens is 1. The molecule has 1 atom stereocenters. The molecule has 0 bridgehead atoms. The van der Waals surface area contributed by atoms with E-state index in [9.17, 15) is 13.2 Å². The van der Waals surface area contributed by atoms with Gasteiger partial charge in [-0.25, -0.2) is 13.4 Å². The summed E-state index contributed by atoms with van der Waals surface area (Å²) in [6.45, 7) is 3.05. The Morgan fingerprint density at radius 3 is 2.55 bits per heavy atom.